The second-order valence-electron chi connectivity index (χ2n) is 6.80. The quantitative estimate of drug-likeness (QED) is 0.858. The summed E-state index contributed by atoms with van der Waals surface area (Å²) < 4.78 is 11.7. The van der Waals surface area contributed by atoms with E-state index in [9.17, 15) is 0 Å². The van der Waals surface area contributed by atoms with Crippen molar-refractivity contribution >= 4 is 11.3 Å². The SMILES string of the molecule is Cc1noc([C@H]2CCC3(CCN(Cc4ccc(C)s4)CC3)O2)n1. The summed E-state index contributed by atoms with van der Waals surface area (Å²) in [5.41, 5.74) is 0.0227. The van der Waals surface area contributed by atoms with Crippen molar-refractivity contribution in [2.45, 2.75) is 57.8 Å². The van der Waals surface area contributed by atoms with Crippen molar-refractivity contribution in [3.8, 4) is 0 Å². The molecule has 0 saturated carbocycles. The minimum Gasteiger partial charge on any atom is -0.362 e. The molecule has 0 bridgehead atoms. The summed E-state index contributed by atoms with van der Waals surface area (Å²) in [5.74, 6) is 1.33. The van der Waals surface area contributed by atoms with Gasteiger partial charge in [0.15, 0.2) is 5.82 Å². The van der Waals surface area contributed by atoms with Crippen molar-refractivity contribution in [1.82, 2.24) is 15.0 Å². The van der Waals surface area contributed by atoms with Gasteiger partial charge in [-0.3, -0.25) is 4.90 Å². The first-order valence-corrected chi connectivity index (χ1v) is 9.19. The summed E-state index contributed by atoms with van der Waals surface area (Å²) in [5, 5.41) is 3.88. The molecule has 0 unspecified atom stereocenters. The van der Waals surface area contributed by atoms with Crippen LogP contribution in [0.15, 0.2) is 16.7 Å². The third-order valence-electron chi connectivity index (χ3n) is 5.02. The van der Waals surface area contributed by atoms with Crippen LogP contribution in [0.5, 0.6) is 0 Å². The first kappa shape index (κ1) is 15.3. The molecule has 2 aliphatic heterocycles. The fourth-order valence-electron chi connectivity index (χ4n) is 3.71. The molecule has 124 valence electrons. The Morgan fingerprint density at radius 2 is 2.09 bits per heavy atom. The van der Waals surface area contributed by atoms with Crippen molar-refractivity contribution in [3.63, 3.8) is 0 Å². The molecule has 6 heteroatoms. The van der Waals surface area contributed by atoms with Gasteiger partial charge in [0.2, 0.25) is 0 Å². The molecule has 0 radical (unpaired) electrons. The molecule has 0 aromatic carbocycles. The molecular formula is C17H23N3O2S. The monoisotopic (exact) mass is 333 g/mol. The van der Waals surface area contributed by atoms with Crippen molar-refractivity contribution in [2.24, 2.45) is 0 Å². The van der Waals surface area contributed by atoms with E-state index in [4.69, 9.17) is 9.26 Å². The smallest absolute Gasteiger partial charge is 0.255 e. The lowest BCUT2D eigenvalue weighted by Gasteiger charge is -2.38. The van der Waals surface area contributed by atoms with E-state index < -0.39 is 0 Å². The minimum atomic E-state index is -0.0114. The van der Waals surface area contributed by atoms with Crippen LogP contribution in [-0.2, 0) is 11.3 Å². The van der Waals surface area contributed by atoms with E-state index in [-0.39, 0.29) is 11.7 Å². The minimum absolute atomic E-state index is 0.0114. The molecule has 2 aliphatic rings. The van der Waals surface area contributed by atoms with Gasteiger partial charge in [-0.2, -0.15) is 4.98 Å². The third kappa shape index (κ3) is 3.20. The summed E-state index contributed by atoms with van der Waals surface area (Å²) in [6.07, 6.45) is 4.28. The highest BCUT2D eigenvalue weighted by Gasteiger charge is 2.44. The Hall–Kier alpha value is -1.24. The zero-order valence-corrected chi connectivity index (χ0v) is 14.6. The predicted molar refractivity (Wildman–Crippen MR) is 88.4 cm³/mol. The molecular weight excluding hydrogens is 310 g/mol. The van der Waals surface area contributed by atoms with Crippen LogP contribution < -0.4 is 0 Å². The highest BCUT2D eigenvalue weighted by molar-refractivity contribution is 7.11. The molecule has 2 aromatic rings. The van der Waals surface area contributed by atoms with Crippen LogP contribution in [0.1, 0.15) is 53.3 Å². The summed E-state index contributed by atoms with van der Waals surface area (Å²) in [6.45, 7) is 7.30. The Kier molecular flexibility index (Phi) is 3.99. The molecule has 0 amide bonds. The van der Waals surface area contributed by atoms with Gasteiger partial charge in [-0.15, -0.1) is 11.3 Å². The normalized spacial score (nSPS) is 24.5. The maximum atomic E-state index is 6.37. The number of aromatic nitrogens is 2. The lowest BCUT2D eigenvalue weighted by atomic mass is 9.88. The van der Waals surface area contributed by atoms with E-state index in [1.807, 2.05) is 18.3 Å². The Labute approximate surface area is 140 Å². The molecule has 0 N–H and O–H groups in total. The first-order valence-electron chi connectivity index (χ1n) is 8.38. The molecule has 1 atom stereocenters. The number of piperidine rings is 1. The van der Waals surface area contributed by atoms with E-state index in [1.54, 1.807) is 0 Å². The Morgan fingerprint density at radius 3 is 2.74 bits per heavy atom. The van der Waals surface area contributed by atoms with Crippen LogP contribution in [0.25, 0.3) is 0 Å². The lowest BCUT2D eigenvalue weighted by molar-refractivity contribution is -0.0868. The fraction of sp³-hybridized carbons (Fsp3) is 0.647. The van der Waals surface area contributed by atoms with Crippen molar-refractivity contribution in [1.29, 1.82) is 0 Å². The molecule has 2 fully saturated rings. The van der Waals surface area contributed by atoms with Crippen molar-refractivity contribution in [2.75, 3.05) is 13.1 Å². The molecule has 23 heavy (non-hydrogen) atoms. The molecule has 5 nitrogen and oxygen atoms in total. The number of nitrogens with zero attached hydrogens (tertiary/aromatic N) is 3. The highest BCUT2D eigenvalue weighted by Crippen LogP contribution is 2.44. The molecule has 0 aliphatic carbocycles. The number of thiophene rings is 1. The molecule has 2 aromatic heterocycles. The first-order chi connectivity index (χ1) is 11.1. The van der Waals surface area contributed by atoms with E-state index in [1.165, 1.54) is 9.75 Å². The molecule has 4 heterocycles. The van der Waals surface area contributed by atoms with E-state index in [0.29, 0.717) is 11.7 Å². The maximum absolute atomic E-state index is 6.37. The molecule has 2 saturated heterocycles. The van der Waals surface area contributed by atoms with Gasteiger partial charge in [-0.25, -0.2) is 0 Å². The standard InChI is InChI=1S/C17H23N3O2S/c1-12-3-4-14(23-12)11-20-9-7-17(8-10-20)6-5-15(21-17)16-18-13(2)19-22-16/h3-4,15H,5-11H2,1-2H3/t15-/m1/s1. The van der Waals surface area contributed by atoms with Gasteiger partial charge in [0, 0.05) is 29.4 Å². The Bertz CT molecular complexity index is 673. The van der Waals surface area contributed by atoms with Crippen LogP contribution in [0, 0.1) is 13.8 Å². The summed E-state index contributed by atoms with van der Waals surface area (Å²) in [7, 11) is 0. The van der Waals surface area contributed by atoms with E-state index in [2.05, 4.69) is 34.1 Å². The van der Waals surface area contributed by atoms with Gasteiger partial charge in [0.25, 0.3) is 5.89 Å². The average Bonchev–Trinajstić information content (AvgIpc) is 3.24. The van der Waals surface area contributed by atoms with Crippen LogP contribution in [-0.4, -0.2) is 33.7 Å². The second-order valence-corrected chi connectivity index (χ2v) is 8.17. The van der Waals surface area contributed by atoms with Gasteiger partial charge in [0.1, 0.15) is 6.10 Å². The van der Waals surface area contributed by atoms with Gasteiger partial charge in [-0.1, -0.05) is 5.16 Å². The number of aryl methyl sites for hydroxylation is 2. The number of likely N-dealkylation sites (tertiary alicyclic amines) is 1. The summed E-state index contributed by atoms with van der Waals surface area (Å²) in [4.78, 5) is 9.73. The zero-order chi connectivity index (χ0) is 15.9. The fourth-order valence-corrected chi connectivity index (χ4v) is 4.64. The molecule has 1 spiro atoms. The van der Waals surface area contributed by atoms with Gasteiger partial charge in [-0.05, 0) is 51.7 Å². The van der Waals surface area contributed by atoms with Crippen LogP contribution in [0.2, 0.25) is 0 Å². The number of hydrogen-bond acceptors (Lipinski definition) is 6. The number of rotatable bonds is 3. The van der Waals surface area contributed by atoms with Gasteiger partial charge < -0.3 is 9.26 Å². The highest BCUT2D eigenvalue weighted by atomic mass is 32.1. The maximum Gasteiger partial charge on any atom is 0.255 e. The topological polar surface area (TPSA) is 51.4 Å². The van der Waals surface area contributed by atoms with Gasteiger partial charge >= 0.3 is 0 Å². The Morgan fingerprint density at radius 1 is 1.26 bits per heavy atom. The third-order valence-corrected chi connectivity index (χ3v) is 6.00. The largest absolute Gasteiger partial charge is 0.362 e. The van der Waals surface area contributed by atoms with Crippen molar-refractivity contribution in [3.05, 3.63) is 33.6 Å². The number of hydrogen-bond donors (Lipinski definition) is 0. The summed E-state index contributed by atoms with van der Waals surface area (Å²) in [6, 6.07) is 4.47. The average molecular weight is 333 g/mol. The van der Waals surface area contributed by atoms with Crippen LogP contribution in [0.4, 0.5) is 0 Å². The zero-order valence-electron chi connectivity index (χ0n) is 13.7. The van der Waals surface area contributed by atoms with Crippen LogP contribution in [0.3, 0.4) is 0 Å². The lowest BCUT2D eigenvalue weighted by Crippen LogP contribution is -2.43. The van der Waals surface area contributed by atoms with E-state index >= 15 is 0 Å². The Balaban J connectivity index is 1.34. The number of ether oxygens (including phenoxy) is 1. The predicted octanol–water partition coefficient (Wildman–Crippen LogP) is 3.63. The second kappa shape index (κ2) is 6.00. The van der Waals surface area contributed by atoms with E-state index in [0.717, 1.165) is 45.3 Å². The van der Waals surface area contributed by atoms with Crippen LogP contribution >= 0.6 is 11.3 Å². The van der Waals surface area contributed by atoms with Crippen molar-refractivity contribution < 1.29 is 9.26 Å². The molecule has 4 rings (SSSR count). The van der Waals surface area contributed by atoms with Gasteiger partial charge in [0.05, 0.1) is 5.60 Å². The summed E-state index contributed by atoms with van der Waals surface area (Å²) >= 11 is 1.90.